The predicted molar refractivity (Wildman–Crippen MR) is 275 cm³/mol. The van der Waals surface area contributed by atoms with Crippen molar-refractivity contribution in [2.45, 2.75) is 289 Å². The van der Waals surface area contributed by atoms with Crippen molar-refractivity contribution in [2.24, 2.45) is 0 Å². The van der Waals surface area contributed by atoms with E-state index >= 15 is 0 Å². The summed E-state index contributed by atoms with van der Waals surface area (Å²) in [5.74, 6) is -0.958. The average Bonchev–Trinajstić information content (AvgIpc) is 3.31. The smallest absolute Gasteiger partial charge is 0.462 e. The lowest BCUT2D eigenvalue weighted by atomic mass is 10.0. The standard InChI is InChI=1S/C55H105O10P/c1-3-5-7-9-11-13-15-17-19-21-23-25-26-27-29-31-33-35-37-39-41-43-45-47-55(59)65-53(51-64-66(60,61)63-49-52(57)48-56)50-62-54(58)46-44-42-40-38-36-34-32-30-28-24-22-20-18-16-14-12-10-8-6-4-2/h31,33,39,41,52-53,56-57H,3-30,32,34-38,40,42-51H2,1-2H3,(H,60,61)/b33-31+,41-39+/t52-,53+/m0/s1. The zero-order valence-electron chi connectivity index (χ0n) is 42.9. The van der Waals surface area contributed by atoms with Gasteiger partial charge in [0.1, 0.15) is 12.7 Å². The van der Waals surface area contributed by atoms with Crippen LogP contribution in [0.3, 0.4) is 0 Å². The van der Waals surface area contributed by atoms with Gasteiger partial charge in [0.2, 0.25) is 0 Å². The lowest BCUT2D eigenvalue weighted by molar-refractivity contribution is -0.161. The number of hydrogen-bond acceptors (Lipinski definition) is 9. The molecule has 0 saturated carbocycles. The first-order valence-electron chi connectivity index (χ1n) is 27.8. The van der Waals surface area contributed by atoms with Crippen molar-refractivity contribution in [2.75, 3.05) is 26.4 Å². The largest absolute Gasteiger partial charge is 0.472 e. The Hall–Kier alpha value is -1.55. The summed E-state index contributed by atoms with van der Waals surface area (Å²) in [4.78, 5) is 35.2. The highest BCUT2D eigenvalue weighted by Gasteiger charge is 2.27. The molecule has 0 saturated heterocycles. The third-order valence-corrected chi connectivity index (χ3v) is 13.3. The minimum absolute atomic E-state index is 0.128. The number of unbranched alkanes of at least 4 members (excludes halogenated alkanes) is 35. The van der Waals surface area contributed by atoms with Crippen molar-refractivity contribution in [3.8, 4) is 0 Å². The van der Waals surface area contributed by atoms with Crippen molar-refractivity contribution in [1.29, 1.82) is 0 Å². The molecule has 390 valence electrons. The van der Waals surface area contributed by atoms with Gasteiger partial charge in [-0.2, -0.15) is 0 Å². The van der Waals surface area contributed by atoms with Gasteiger partial charge in [0.25, 0.3) is 0 Å². The maximum Gasteiger partial charge on any atom is 0.472 e. The average molecular weight is 957 g/mol. The number of phosphoric acid groups is 1. The maximum atomic E-state index is 12.7. The van der Waals surface area contributed by atoms with Crippen molar-refractivity contribution in [3.05, 3.63) is 24.3 Å². The topological polar surface area (TPSA) is 149 Å². The van der Waals surface area contributed by atoms with E-state index in [9.17, 15) is 24.2 Å². The molecule has 0 bridgehead atoms. The number of carbonyl (C=O) groups is 2. The predicted octanol–water partition coefficient (Wildman–Crippen LogP) is 16.1. The van der Waals surface area contributed by atoms with Crippen molar-refractivity contribution < 1.29 is 47.8 Å². The Kier molecular flexibility index (Phi) is 50.1. The molecule has 0 aromatic rings. The number of carbonyl (C=O) groups excluding carboxylic acids is 2. The van der Waals surface area contributed by atoms with E-state index in [1.54, 1.807) is 0 Å². The molecule has 0 amide bonds. The third kappa shape index (κ3) is 50.3. The Morgan fingerprint density at radius 1 is 0.439 bits per heavy atom. The molecule has 3 N–H and O–H groups in total. The summed E-state index contributed by atoms with van der Waals surface area (Å²) in [7, 11) is -4.63. The molecule has 0 spiro atoms. The second-order valence-electron chi connectivity index (χ2n) is 19.0. The Bertz CT molecular complexity index is 1150. The zero-order chi connectivity index (χ0) is 48.3. The van der Waals surface area contributed by atoms with Gasteiger partial charge in [0.15, 0.2) is 6.10 Å². The van der Waals surface area contributed by atoms with E-state index in [-0.39, 0.29) is 19.4 Å². The van der Waals surface area contributed by atoms with Crippen molar-refractivity contribution in [3.63, 3.8) is 0 Å². The zero-order valence-corrected chi connectivity index (χ0v) is 43.8. The summed E-state index contributed by atoms with van der Waals surface area (Å²) in [6, 6.07) is 0. The number of allylic oxidation sites excluding steroid dienone is 4. The van der Waals surface area contributed by atoms with E-state index in [1.807, 2.05) is 0 Å². The van der Waals surface area contributed by atoms with Crippen LogP contribution in [0, 0.1) is 0 Å². The summed E-state index contributed by atoms with van der Waals surface area (Å²) < 4.78 is 32.9. The van der Waals surface area contributed by atoms with Crippen molar-refractivity contribution in [1.82, 2.24) is 0 Å². The van der Waals surface area contributed by atoms with E-state index in [4.69, 9.17) is 23.6 Å². The number of esters is 2. The van der Waals surface area contributed by atoms with Crippen LogP contribution < -0.4 is 0 Å². The van der Waals surface area contributed by atoms with Gasteiger partial charge in [-0.15, -0.1) is 0 Å². The monoisotopic (exact) mass is 957 g/mol. The van der Waals surface area contributed by atoms with Crippen LogP contribution in [0.1, 0.15) is 277 Å². The Morgan fingerprint density at radius 3 is 1.18 bits per heavy atom. The number of rotatable bonds is 53. The van der Waals surface area contributed by atoms with Gasteiger partial charge in [-0.05, 0) is 44.9 Å². The minimum atomic E-state index is -4.63. The fourth-order valence-electron chi connectivity index (χ4n) is 8.08. The summed E-state index contributed by atoms with van der Waals surface area (Å²) in [6.45, 7) is 2.41. The number of aliphatic hydroxyl groups excluding tert-OH is 2. The van der Waals surface area contributed by atoms with Gasteiger partial charge in [-0.1, -0.05) is 244 Å². The van der Waals surface area contributed by atoms with Crippen LogP contribution in [0.25, 0.3) is 0 Å². The molecule has 66 heavy (non-hydrogen) atoms. The lowest BCUT2D eigenvalue weighted by Crippen LogP contribution is -2.29. The first-order chi connectivity index (χ1) is 32.2. The number of phosphoric ester groups is 1. The van der Waals surface area contributed by atoms with Gasteiger partial charge in [-0.25, -0.2) is 4.57 Å². The second kappa shape index (κ2) is 51.3. The van der Waals surface area contributed by atoms with E-state index in [0.29, 0.717) is 19.3 Å². The molecule has 0 heterocycles. The van der Waals surface area contributed by atoms with Crippen molar-refractivity contribution >= 4 is 19.8 Å². The molecule has 0 fully saturated rings. The summed E-state index contributed by atoms with van der Waals surface area (Å²) in [5.41, 5.74) is 0. The quantitative estimate of drug-likeness (QED) is 0.0233. The highest BCUT2D eigenvalue weighted by Crippen LogP contribution is 2.43. The minimum Gasteiger partial charge on any atom is -0.462 e. The van der Waals surface area contributed by atoms with Crippen LogP contribution in [0.4, 0.5) is 0 Å². The molecule has 0 rings (SSSR count). The molecule has 0 aromatic heterocycles. The van der Waals surface area contributed by atoms with Gasteiger partial charge in [0.05, 0.1) is 19.8 Å². The normalized spacial score (nSPS) is 13.7. The van der Waals surface area contributed by atoms with Gasteiger partial charge in [-0.3, -0.25) is 18.6 Å². The molecular weight excluding hydrogens is 852 g/mol. The van der Waals surface area contributed by atoms with E-state index in [1.165, 1.54) is 193 Å². The van der Waals surface area contributed by atoms with E-state index < -0.39 is 51.8 Å². The molecule has 0 aliphatic rings. The Morgan fingerprint density at radius 2 is 0.773 bits per heavy atom. The molecule has 11 heteroatoms. The summed E-state index contributed by atoms with van der Waals surface area (Å²) in [6.07, 6.45) is 56.0. The van der Waals surface area contributed by atoms with Gasteiger partial charge < -0.3 is 24.6 Å². The fourth-order valence-corrected chi connectivity index (χ4v) is 8.87. The van der Waals surface area contributed by atoms with Crippen LogP contribution in [0.2, 0.25) is 0 Å². The first kappa shape index (κ1) is 64.5. The highest BCUT2D eigenvalue weighted by molar-refractivity contribution is 7.47. The van der Waals surface area contributed by atoms with E-state index in [2.05, 4.69) is 38.2 Å². The maximum absolute atomic E-state index is 12.7. The summed E-state index contributed by atoms with van der Waals surface area (Å²) >= 11 is 0. The SMILES string of the molecule is CCCCCCCCCCCCCCCC/C=C/CC/C=C/CCCC(=O)O[C@H](COC(=O)CCCCCCCCCCCCCCCCCCCCCC)COP(=O)(O)OC[C@@H](O)CO. The molecule has 0 aliphatic carbocycles. The number of ether oxygens (including phenoxy) is 2. The second-order valence-corrected chi connectivity index (χ2v) is 20.4. The molecular formula is C55H105O10P. The molecule has 0 radical (unpaired) electrons. The van der Waals surface area contributed by atoms with Crippen LogP contribution >= 0.6 is 7.82 Å². The molecule has 3 atom stereocenters. The molecule has 0 aliphatic heterocycles. The van der Waals surface area contributed by atoms with Crippen LogP contribution in [0.5, 0.6) is 0 Å². The summed E-state index contributed by atoms with van der Waals surface area (Å²) in [5, 5.41) is 18.4. The molecule has 0 aromatic carbocycles. The Labute approximate surface area is 406 Å². The van der Waals surface area contributed by atoms with Crippen LogP contribution in [-0.4, -0.2) is 65.7 Å². The molecule has 1 unspecified atom stereocenters. The van der Waals surface area contributed by atoms with Crippen LogP contribution in [-0.2, 0) is 32.7 Å². The van der Waals surface area contributed by atoms with E-state index in [0.717, 1.165) is 38.5 Å². The Balaban J connectivity index is 4.15. The number of aliphatic hydroxyl groups is 2. The third-order valence-electron chi connectivity index (χ3n) is 12.3. The molecule has 10 nitrogen and oxygen atoms in total. The van der Waals surface area contributed by atoms with Gasteiger partial charge in [0, 0.05) is 12.8 Å². The number of hydrogen-bond donors (Lipinski definition) is 3. The fraction of sp³-hybridized carbons (Fsp3) is 0.891. The lowest BCUT2D eigenvalue weighted by Gasteiger charge is -2.20. The van der Waals surface area contributed by atoms with Gasteiger partial charge >= 0.3 is 19.8 Å². The van der Waals surface area contributed by atoms with Crippen LogP contribution in [0.15, 0.2) is 24.3 Å². The first-order valence-corrected chi connectivity index (χ1v) is 29.3. The highest BCUT2D eigenvalue weighted by atomic mass is 31.2.